The largest absolute Gasteiger partial charge is 0.497 e. The summed E-state index contributed by atoms with van der Waals surface area (Å²) in [6.45, 7) is 3.58. The second-order valence-electron chi connectivity index (χ2n) is 6.43. The van der Waals surface area contributed by atoms with Gasteiger partial charge in [0, 0.05) is 24.7 Å². The quantitative estimate of drug-likeness (QED) is 0.551. The minimum absolute atomic E-state index is 0.0718. The number of thioether (sulfide) groups is 1. The number of amides is 1. The minimum Gasteiger partial charge on any atom is -0.497 e. The van der Waals surface area contributed by atoms with Gasteiger partial charge >= 0.3 is 5.97 Å². The van der Waals surface area contributed by atoms with Crippen LogP contribution >= 0.6 is 11.8 Å². The Morgan fingerprint density at radius 3 is 2.68 bits per heavy atom. The first-order valence-electron chi connectivity index (χ1n) is 9.21. The molecule has 2 aliphatic rings. The molecule has 1 aromatic carbocycles. The van der Waals surface area contributed by atoms with Gasteiger partial charge in [-0.25, -0.2) is 0 Å². The van der Waals surface area contributed by atoms with Gasteiger partial charge in [-0.3, -0.25) is 9.59 Å². The van der Waals surface area contributed by atoms with E-state index in [0.717, 1.165) is 5.56 Å². The summed E-state index contributed by atoms with van der Waals surface area (Å²) in [7, 11) is 3.17. The molecule has 8 heteroatoms. The predicted molar refractivity (Wildman–Crippen MR) is 108 cm³/mol. The summed E-state index contributed by atoms with van der Waals surface area (Å²) in [4.78, 5) is 31.1. The first-order chi connectivity index (χ1) is 13.5. The summed E-state index contributed by atoms with van der Waals surface area (Å²) in [5.41, 5.74) is 0.789. The lowest BCUT2D eigenvalue weighted by Crippen LogP contribution is -2.39. The topological polar surface area (TPSA) is 77.4 Å². The summed E-state index contributed by atoms with van der Waals surface area (Å²) in [5.74, 6) is 0.851. The second kappa shape index (κ2) is 9.14. The molecular formula is C20H24N2O5S. The van der Waals surface area contributed by atoms with Gasteiger partial charge in [0.15, 0.2) is 5.17 Å². The van der Waals surface area contributed by atoms with E-state index in [2.05, 4.69) is 9.89 Å². The van der Waals surface area contributed by atoms with Crippen molar-refractivity contribution in [3.63, 3.8) is 0 Å². The molecule has 1 amide bonds. The van der Waals surface area contributed by atoms with Crippen LogP contribution in [0.25, 0.3) is 6.08 Å². The Bertz CT molecular complexity index is 813. The fourth-order valence-electron chi connectivity index (χ4n) is 3.18. The Kier molecular flexibility index (Phi) is 6.61. The lowest BCUT2D eigenvalue weighted by molar-refractivity contribution is -0.149. The number of ether oxygens (including phenoxy) is 3. The number of methoxy groups -OCH3 is 2. The molecule has 3 rings (SSSR count). The molecule has 1 fully saturated rings. The maximum absolute atomic E-state index is 12.4. The third kappa shape index (κ3) is 4.49. The molecule has 0 N–H and O–H groups in total. The predicted octanol–water partition coefficient (Wildman–Crippen LogP) is 2.95. The van der Waals surface area contributed by atoms with Crippen molar-refractivity contribution in [3.8, 4) is 11.5 Å². The van der Waals surface area contributed by atoms with Crippen molar-refractivity contribution in [1.82, 2.24) is 4.90 Å². The van der Waals surface area contributed by atoms with Gasteiger partial charge < -0.3 is 19.1 Å². The lowest BCUT2D eigenvalue weighted by Gasteiger charge is -2.31. The number of carbonyl (C=O) groups is 2. The van der Waals surface area contributed by atoms with E-state index in [9.17, 15) is 9.59 Å². The molecule has 0 radical (unpaired) electrons. The number of amidine groups is 1. The maximum atomic E-state index is 12.4. The number of piperidine rings is 1. The highest BCUT2D eigenvalue weighted by Crippen LogP contribution is 2.34. The molecule has 28 heavy (non-hydrogen) atoms. The summed E-state index contributed by atoms with van der Waals surface area (Å²) >= 11 is 1.35. The molecule has 2 aliphatic heterocycles. The molecule has 0 atom stereocenters. The van der Waals surface area contributed by atoms with Crippen molar-refractivity contribution in [2.75, 3.05) is 33.9 Å². The summed E-state index contributed by atoms with van der Waals surface area (Å²) < 4.78 is 15.7. The van der Waals surface area contributed by atoms with Gasteiger partial charge in [0.2, 0.25) is 0 Å². The molecule has 2 heterocycles. The summed E-state index contributed by atoms with van der Waals surface area (Å²) in [5, 5.41) is 0.686. The Labute approximate surface area is 168 Å². The minimum atomic E-state index is -0.259. The van der Waals surface area contributed by atoms with Gasteiger partial charge in [0.25, 0.3) is 5.91 Å². The molecule has 0 aromatic heterocycles. The number of likely N-dealkylation sites (tertiary alicyclic amines) is 1. The number of nitrogens with zero attached hydrogens (tertiary/aromatic N) is 2. The molecule has 0 bridgehead atoms. The van der Waals surface area contributed by atoms with Gasteiger partial charge in [0.05, 0.1) is 31.6 Å². The standard InChI is InChI=1S/C20H24N2O5S/c1-4-27-19(24)13-7-9-22(10-8-13)20-21-18(23)17(28-20)11-14-5-6-15(25-2)12-16(14)26-3/h5-6,11-13H,4,7-10H2,1-3H3. The van der Waals surface area contributed by atoms with Crippen LogP contribution in [0, 0.1) is 5.92 Å². The van der Waals surface area contributed by atoms with Gasteiger partial charge in [0.1, 0.15) is 11.5 Å². The Morgan fingerprint density at radius 1 is 1.29 bits per heavy atom. The molecule has 7 nitrogen and oxygen atoms in total. The van der Waals surface area contributed by atoms with E-state index in [4.69, 9.17) is 14.2 Å². The Hall–Kier alpha value is -2.48. The number of benzene rings is 1. The number of aliphatic imine (C=N–C) groups is 1. The van der Waals surface area contributed by atoms with Crippen LogP contribution in [-0.4, -0.2) is 55.9 Å². The van der Waals surface area contributed by atoms with Gasteiger partial charge in [-0.2, -0.15) is 4.99 Å². The first kappa shape index (κ1) is 20.3. The highest BCUT2D eigenvalue weighted by Gasteiger charge is 2.31. The maximum Gasteiger partial charge on any atom is 0.309 e. The SMILES string of the molecule is CCOC(=O)C1CCN(C2=NC(=O)C(=Cc3ccc(OC)cc3OC)S2)CC1. The number of hydrogen-bond donors (Lipinski definition) is 0. The highest BCUT2D eigenvalue weighted by atomic mass is 32.2. The van der Waals surface area contributed by atoms with Crippen LogP contribution in [0.4, 0.5) is 0 Å². The van der Waals surface area contributed by atoms with Crippen molar-refractivity contribution in [2.45, 2.75) is 19.8 Å². The lowest BCUT2D eigenvalue weighted by atomic mass is 9.97. The molecule has 0 unspecified atom stereocenters. The number of rotatable bonds is 5. The van der Waals surface area contributed by atoms with Crippen molar-refractivity contribution >= 4 is 34.9 Å². The first-order valence-corrected chi connectivity index (χ1v) is 10.0. The molecule has 150 valence electrons. The number of hydrogen-bond acceptors (Lipinski definition) is 7. The average molecular weight is 404 g/mol. The van der Waals surface area contributed by atoms with E-state index in [1.54, 1.807) is 26.4 Å². The van der Waals surface area contributed by atoms with Crippen molar-refractivity contribution in [1.29, 1.82) is 0 Å². The number of esters is 1. The molecule has 1 aromatic rings. The molecule has 1 saturated heterocycles. The molecule has 0 aliphatic carbocycles. The third-order valence-corrected chi connectivity index (χ3v) is 5.77. The van der Waals surface area contributed by atoms with Crippen LogP contribution in [-0.2, 0) is 14.3 Å². The van der Waals surface area contributed by atoms with Gasteiger partial charge in [-0.15, -0.1) is 0 Å². The zero-order chi connectivity index (χ0) is 20.1. The molecule has 0 saturated carbocycles. The van der Waals surface area contributed by atoms with E-state index in [0.29, 0.717) is 54.1 Å². The zero-order valence-electron chi connectivity index (χ0n) is 16.3. The number of carbonyl (C=O) groups excluding carboxylic acids is 2. The fourth-order valence-corrected chi connectivity index (χ4v) is 4.13. The second-order valence-corrected chi connectivity index (χ2v) is 7.44. The fraction of sp³-hybridized carbons (Fsp3) is 0.450. The Morgan fingerprint density at radius 2 is 2.04 bits per heavy atom. The highest BCUT2D eigenvalue weighted by molar-refractivity contribution is 8.18. The van der Waals surface area contributed by atoms with E-state index in [1.807, 2.05) is 19.1 Å². The van der Waals surface area contributed by atoms with E-state index >= 15 is 0 Å². The smallest absolute Gasteiger partial charge is 0.309 e. The monoisotopic (exact) mass is 404 g/mol. The van der Waals surface area contributed by atoms with Crippen molar-refractivity contribution in [2.24, 2.45) is 10.9 Å². The van der Waals surface area contributed by atoms with Crippen LogP contribution < -0.4 is 9.47 Å². The summed E-state index contributed by atoms with van der Waals surface area (Å²) in [6.07, 6.45) is 3.20. The van der Waals surface area contributed by atoms with E-state index in [1.165, 1.54) is 11.8 Å². The normalized spacial score (nSPS) is 19.0. The van der Waals surface area contributed by atoms with Crippen LogP contribution in [0.2, 0.25) is 0 Å². The average Bonchev–Trinajstić information content (AvgIpc) is 3.09. The summed E-state index contributed by atoms with van der Waals surface area (Å²) in [6, 6.07) is 5.45. The van der Waals surface area contributed by atoms with Crippen LogP contribution in [0.3, 0.4) is 0 Å². The van der Waals surface area contributed by atoms with Gasteiger partial charge in [-0.05, 0) is 49.7 Å². The van der Waals surface area contributed by atoms with Gasteiger partial charge in [-0.1, -0.05) is 0 Å². The van der Waals surface area contributed by atoms with Crippen molar-refractivity contribution < 1.29 is 23.8 Å². The van der Waals surface area contributed by atoms with Crippen LogP contribution in [0.5, 0.6) is 11.5 Å². The zero-order valence-corrected chi connectivity index (χ0v) is 17.1. The molecular weight excluding hydrogens is 380 g/mol. The Balaban J connectivity index is 1.66. The van der Waals surface area contributed by atoms with Crippen LogP contribution in [0.15, 0.2) is 28.1 Å². The van der Waals surface area contributed by atoms with E-state index in [-0.39, 0.29) is 17.8 Å². The van der Waals surface area contributed by atoms with E-state index < -0.39 is 0 Å². The molecule has 0 spiro atoms. The van der Waals surface area contributed by atoms with Crippen molar-refractivity contribution in [3.05, 3.63) is 28.7 Å². The third-order valence-electron chi connectivity index (χ3n) is 4.72. The van der Waals surface area contributed by atoms with Crippen LogP contribution in [0.1, 0.15) is 25.3 Å².